The highest BCUT2D eigenvalue weighted by Gasteiger charge is 2.59. The number of fused-ring (bicyclic) bond motifs is 5. The number of methoxy groups -OCH3 is 1. The fourth-order valence-electron chi connectivity index (χ4n) is 9.91. The Balaban J connectivity index is 1.25. The van der Waals surface area contributed by atoms with Crippen LogP contribution in [0.3, 0.4) is 0 Å². The lowest BCUT2D eigenvalue weighted by molar-refractivity contribution is -0.0597. The molecule has 3 fully saturated rings. The Labute approximate surface area is 294 Å². The van der Waals surface area contributed by atoms with Crippen molar-refractivity contribution >= 4 is 64.2 Å². The van der Waals surface area contributed by atoms with Crippen LogP contribution in [0.1, 0.15) is 111 Å². The van der Waals surface area contributed by atoms with Crippen LogP contribution in [0.25, 0.3) is 0 Å². The number of halogens is 5. The van der Waals surface area contributed by atoms with Crippen LogP contribution in [0.2, 0.25) is 10.0 Å². The molecule has 4 aliphatic carbocycles. The molecule has 1 heterocycles. The predicted molar refractivity (Wildman–Crippen MR) is 184 cm³/mol. The molecule has 4 aliphatic rings. The number of allylic oxidation sites excluding steroid dienone is 1. The number of hydrogen-bond donors (Lipinski definition) is 0. The van der Waals surface area contributed by atoms with Gasteiger partial charge in [-0.25, -0.2) is 9.78 Å². The zero-order valence-electron chi connectivity index (χ0n) is 27.4. The van der Waals surface area contributed by atoms with Crippen molar-refractivity contribution in [3.8, 4) is 11.6 Å². The van der Waals surface area contributed by atoms with Gasteiger partial charge in [0.15, 0.2) is 5.75 Å². The number of nitrogens with zero attached hydrogens (tertiary/aromatic N) is 1. The number of alkyl halides is 3. The highest BCUT2D eigenvalue weighted by atomic mass is 35.6. The maximum atomic E-state index is 13.0. The molecule has 5 nitrogen and oxygen atoms in total. The number of rotatable bonds is 8. The summed E-state index contributed by atoms with van der Waals surface area (Å²) in [5.41, 5.74) is 1.86. The molecular formula is C35H48Cl5NO4. The summed E-state index contributed by atoms with van der Waals surface area (Å²) in [6.45, 7) is 12.3. The first-order valence-electron chi connectivity index (χ1n) is 16.7. The second-order valence-electron chi connectivity index (χ2n) is 15.0. The van der Waals surface area contributed by atoms with E-state index in [0.717, 1.165) is 48.9 Å². The summed E-state index contributed by atoms with van der Waals surface area (Å²) in [6, 6.07) is 0. The van der Waals surface area contributed by atoms with E-state index in [4.69, 9.17) is 72.2 Å². The normalized spacial score (nSPS) is 33.5. The molecule has 252 valence electrons. The van der Waals surface area contributed by atoms with Crippen molar-refractivity contribution in [2.24, 2.45) is 46.3 Å². The monoisotopic (exact) mass is 721 g/mol. The van der Waals surface area contributed by atoms with E-state index >= 15 is 0 Å². The molecule has 0 N–H and O–H groups in total. The lowest BCUT2D eigenvalue weighted by atomic mass is 9.47. The van der Waals surface area contributed by atoms with Crippen LogP contribution in [0, 0.1) is 46.3 Å². The average Bonchev–Trinajstić information content (AvgIpc) is 3.32. The number of hydrogen-bond acceptors (Lipinski definition) is 5. The second-order valence-corrected chi connectivity index (χ2v) is 18.1. The Hall–Kier alpha value is -0.590. The smallest absolute Gasteiger partial charge is 0.480 e. The van der Waals surface area contributed by atoms with E-state index in [1.807, 2.05) is 0 Å². The third kappa shape index (κ3) is 6.96. The molecule has 5 rings (SSSR count). The van der Waals surface area contributed by atoms with E-state index in [2.05, 4.69) is 45.7 Å². The molecule has 8 atom stereocenters. The van der Waals surface area contributed by atoms with Gasteiger partial charge in [0, 0.05) is 6.42 Å². The maximum Gasteiger partial charge on any atom is 0.514 e. The van der Waals surface area contributed by atoms with Gasteiger partial charge in [0.2, 0.25) is 9.67 Å². The molecule has 1 aromatic rings. The highest BCUT2D eigenvalue weighted by molar-refractivity contribution is 6.67. The lowest BCUT2D eigenvalue weighted by Crippen LogP contribution is -2.51. The summed E-state index contributed by atoms with van der Waals surface area (Å²) in [6.07, 6.45) is 14.3. The predicted octanol–water partition coefficient (Wildman–Crippen LogP) is 12.1. The third-order valence-corrected chi connectivity index (χ3v) is 13.4. The van der Waals surface area contributed by atoms with Crippen LogP contribution >= 0.6 is 58.0 Å². The minimum Gasteiger partial charge on any atom is -0.480 e. The molecule has 3 saturated carbocycles. The van der Waals surface area contributed by atoms with Crippen LogP contribution in [-0.4, -0.2) is 24.4 Å². The van der Waals surface area contributed by atoms with Crippen molar-refractivity contribution in [1.29, 1.82) is 0 Å². The van der Waals surface area contributed by atoms with Gasteiger partial charge in [-0.1, -0.05) is 124 Å². The van der Waals surface area contributed by atoms with E-state index in [9.17, 15) is 4.79 Å². The Kier molecular flexibility index (Phi) is 10.9. The Morgan fingerprint density at radius 2 is 1.76 bits per heavy atom. The van der Waals surface area contributed by atoms with Gasteiger partial charge < -0.3 is 14.2 Å². The van der Waals surface area contributed by atoms with Gasteiger partial charge in [-0.3, -0.25) is 0 Å². The van der Waals surface area contributed by atoms with Gasteiger partial charge in [0.25, 0.3) is 0 Å². The van der Waals surface area contributed by atoms with Gasteiger partial charge in [-0.15, -0.1) is 0 Å². The van der Waals surface area contributed by atoms with Gasteiger partial charge >= 0.3 is 6.16 Å². The molecule has 0 bridgehead atoms. The van der Waals surface area contributed by atoms with Crippen LogP contribution in [0.5, 0.6) is 11.6 Å². The minimum atomic E-state index is -1.99. The fraction of sp³-hybridized carbons (Fsp3) is 0.771. The molecule has 0 amide bonds. The minimum absolute atomic E-state index is 0.0849. The van der Waals surface area contributed by atoms with Crippen LogP contribution in [0.15, 0.2) is 11.6 Å². The quantitative estimate of drug-likeness (QED) is 0.152. The topological polar surface area (TPSA) is 57.7 Å². The molecule has 0 aliphatic heterocycles. The standard InChI is InChI=1S/C35H48Cl5NO4/c1-19(2)8-7-9-20(3)24-12-13-25-23-11-10-21-18-22(14-16-33(21,4)26(23)15-17-34(24,25)5)44-32(42)45-29-27(36)30(35(38,39)40)41-31(43-6)28(29)37/h10,19-20,22-26H,7-9,11-18H2,1-6H3/t20-,22+,23+,24-,25+,26+,33+,34-/m1/s1. The summed E-state index contributed by atoms with van der Waals surface area (Å²) < 4.78 is 14.5. The molecule has 0 saturated heterocycles. The summed E-state index contributed by atoms with van der Waals surface area (Å²) in [5.74, 6) is 4.37. The van der Waals surface area contributed by atoms with E-state index < -0.39 is 9.95 Å². The summed E-state index contributed by atoms with van der Waals surface area (Å²) in [7, 11) is 1.35. The van der Waals surface area contributed by atoms with Gasteiger partial charge in [-0.2, -0.15) is 0 Å². The molecule has 0 aromatic carbocycles. The number of pyridine rings is 1. The zero-order valence-corrected chi connectivity index (χ0v) is 31.1. The lowest BCUT2D eigenvalue weighted by Gasteiger charge is -2.58. The van der Waals surface area contributed by atoms with E-state index in [0.29, 0.717) is 17.8 Å². The van der Waals surface area contributed by atoms with Crippen molar-refractivity contribution in [3.63, 3.8) is 0 Å². The number of aromatic nitrogens is 1. The molecule has 45 heavy (non-hydrogen) atoms. The Morgan fingerprint density at radius 1 is 1.02 bits per heavy atom. The van der Waals surface area contributed by atoms with Crippen LogP contribution in [-0.2, 0) is 8.53 Å². The number of carbonyl (C=O) groups excluding carboxylic acids is 1. The van der Waals surface area contributed by atoms with Crippen molar-refractivity contribution in [1.82, 2.24) is 4.98 Å². The van der Waals surface area contributed by atoms with Crippen molar-refractivity contribution < 1.29 is 19.0 Å². The Bertz CT molecular complexity index is 1300. The van der Waals surface area contributed by atoms with E-state index in [-0.39, 0.29) is 38.9 Å². The molecule has 0 radical (unpaired) electrons. The zero-order chi connectivity index (χ0) is 32.9. The second kappa shape index (κ2) is 13.7. The van der Waals surface area contributed by atoms with Crippen molar-refractivity contribution in [3.05, 3.63) is 27.4 Å². The molecule has 1 aromatic heterocycles. The number of ether oxygens (including phenoxy) is 3. The maximum absolute atomic E-state index is 13.0. The highest BCUT2D eigenvalue weighted by Crippen LogP contribution is 2.67. The van der Waals surface area contributed by atoms with Crippen LogP contribution in [0.4, 0.5) is 4.79 Å². The van der Waals surface area contributed by atoms with Gasteiger partial charge in [0.05, 0.1) is 7.11 Å². The molecular weight excluding hydrogens is 676 g/mol. The van der Waals surface area contributed by atoms with Crippen molar-refractivity contribution in [2.45, 2.75) is 115 Å². The Morgan fingerprint density at radius 3 is 2.42 bits per heavy atom. The molecule has 10 heteroatoms. The SMILES string of the molecule is COc1nc(C(Cl)(Cl)Cl)c(Cl)c(OC(=O)O[C@H]2CC[C@@]3(C)C(=CC[C@H]4[C@@H]5CC[C@H]([C@H](C)CCCC(C)C)[C@@]5(C)CC[C@@H]43)C2)c1Cl. The first kappa shape index (κ1) is 35.7. The molecule has 0 spiro atoms. The number of carbonyl (C=O) groups is 1. The van der Waals surface area contributed by atoms with Gasteiger partial charge in [0.1, 0.15) is 21.8 Å². The fourth-order valence-corrected chi connectivity index (χ4v) is 11.1. The molecule has 0 unspecified atom stereocenters. The van der Waals surface area contributed by atoms with Gasteiger partial charge in [-0.05, 0) is 91.3 Å². The summed E-state index contributed by atoms with van der Waals surface area (Å²) >= 11 is 30.8. The third-order valence-electron chi connectivity index (χ3n) is 12.2. The largest absolute Gasteiger partial charge is 0.514 e. The van der Waals surface area contributed by atoms with E-state index in [1.54, 1.807) is 0 Å². The van der Waals surface area contributed by atoms with Crippen LogP contribution < -0.4 is 9.47 Å². The van der Waals surface area contributed by atoms with Crippen molar-refractivity contribution in [2.75, 3.05) is 7.11 Å². The first-order valence-corrected chi connectivity index (χ1v) is 18.6. The van der Waals surface area contributed by atoms with E-state index in [1.165, 1.54) is 57.6 Å². The summed E-state index contributed by atoms with van der Waals surface area (Å²) in [5, 5.41) is -0.309. The first-order chi connectivity index (χ1) is 21.1. The average molecular weight is 724 g/mol. The summed E-state index contributed by atoms with van der Waals surface area (Å²) in [4.78, 5) is 17.1.